The normalized spacial score (nSPS) is 16.9. The van der Waals surface area contributed by atoms with Gasteiger partial charge in [-0.25, -0.2) is 9.42 Å². The van der Waals surface area contributed by atoms with Crippen LogP contribution in [0, 0.1) is 0 Å². The molecule has 0 bridgehead atoms. The van der Waals surface area contributed by atoms with Gasteiger partial charge in [-0.1, -0.05) is 48.5 Å². The van der Waals surface area contributed by atoms with Gasteiger partial charge in [0, 0.05) is 17.6 Å². The Balaban J connectivity index is 1.36. The zero-order valence-corrected chi connectivity index (χ0v) is 21.0. The number of ether oxygens (including phenoxy) is 3. The van der Waals surface area contributed by atoms with Gasteiger partial charge in [-0.3, -0.25) is 0 Å². The highest BCUT2D eigenvalue weighted by Gasteiger charge is 2.48. The van der Waals surface area contributed by atoms with Crippen LogP contribution in [0.5, 0.6) is 11.5 Å². The number of nitrogens with zero attached hydrogens (tertiary/aromatic N) is 2. The molecule has 8 nitrogen and oxygen atoms in total. The van der Waals surface area contributed by atoms with Crippen molar-refractivity contribution in [2.24, 2.45) is 0 Å². The topological polar surface area (TPSA) is 104 Å². The van der Waals surface area contributed by atoms with E-state index in [0.29, 0.717) is 45.8 Å². The van der Waals surface area contributed by atoms with Gasteiger partial charge in [0.2, 0.25) is 0 Å². The van der Waals surface area contributed by atoms with Crippen molar-refractivity contribution in [3.63, 3.8) is 0 Å². The number of hydrogen-bond donors (Lipinski definition) is 1. The molecule has 0 fully saturated rings. The molecule has 2 heterocycles. The molecule has 1 aliphatic rings. The highest BCUT2D eigenvalue weighted by atomic mass is 16.7. The fraction of sp³-hybridized carbons (Fsp3) is 0.129. The van der Waals surface area contributed by atoms with Gasteiger partial charge in [-0.15, -0.1) is 0 Å². The number of aliphatic hydroxyl groups is 1. The standard InChI is InChI=1S/C31H24N2O6/c1-36-24-14-10-23(11-15-24)31(35)26(29(30(34)38-31)22-9-16-27-28(18-22)33-39-32-27)17-20-7-12-25(13-8-20)37-19-21-5-3-2-4-6-21/h2-16,18,35H,17,19H2,1H3. The number of aromatic nitrogens is 2. The Bertz CT molecular complexity index is 1660. The van der Waals surface area contributed by atoms with Crippen LogP contribution >= 0.6 is 0 Å². The van der Waals surface area contributed by atoms with Gasteiger partial charge >= 0.3 is 5.97 Å². The van der Waals surface area contributed by atoms with Crippen LogP contribution in [0.25, 0.3) is 16.6 Å². The van der Waals surface area contributed by atoms with Crippen LogP contribution in [0.15, 0.2) is 107 Å². The average molecular weight is 521 g/mol. The molecule has 4 aromatic carbocycles. The van der Waals surface area contributed by atoms with Crippen LogP contribution in [-0.4, -0.2) is 28.5 Å². The molecule has 5 aromatic rings. The lowest BCUT2D eigenvalue weighted by molar-refractivity contribution is -0.185. The molecule has 1 atom stereocenters. The highest BCUT2D eigenvalue weighted by molar-refractivity contribution is 6.20. The lowest BCUT2D eigenvalue weighted by atomic mass is 9.88. The van der Waals surface area contributed by atoms with E-state index in [-0.39, 0.29) is 12.0 Å². The maximum absolute atomic E-state index is 13.3. The number of esters is 1. The molecule has 0 aliphatic carbocycles. The van der Waals surface area contributed by atoms with Crippen LogP contribution in [0.3, 0.4) is 0 Å². The molecule has 1 N–H and O–H groups in total. The van der Waals surface area contributed by atoms with Gasteiger partial charge in [-0.2, -0.15) is 0 Å². The van der Waals surface area contributed by atoms with Gasteiger partial charge in [0.15, 0.2) is 0 Å². The zero-order valence-electron chi connectivity index (χ0n) is 21.0. The molecular formula is C31H24N2O6. The van der Waals surface area contributed by atoms with Crippen molar-refractivity contribution in [3.8, 4) is 11.5 Å². The SMILES string of the molecule is COc1ccc(C2(O)OC(=O)C(c3ccc4nonc4c3)=C2Cc2ccc(OCc3ccccc3)cc2)cc1. The summed E-state index contributed by atoms with van der Waals surface area (Å²) < 4.78 is 21.7. The lowest BCUT2D eigenvalue weighted by Crippen LogP contribution is -2.29. The molecule has 6 rings (SSSR count). The second-order valence-electron chi connectivity index (χ2n) is 9.18. The molecule has 0 amide bonds. The second kappa shape index (κ2) is 10.1. The number of rotatable bonds is 8. The maximum atomic E-state index is 13.3. The average Bonchev–Trinajstić information content (AvgIpc) is 3.54. The third kappa shape index (κ3) is 4.73. The Kier molecular flexibility index (Phi) is 6.30. The number of hydrogen-bond acceptors (Lipinski definition) is 8. The first-order chi connectivity index (χ1) is 19.0. The lowest BCUT2D eigenvalue weighted by Gasteiger charge is -2.26. The molecule has 0 spiro atoms. The van der Waals surface area contributed by atoms with E-state index in [9.17, 15) is 9.90 Å². The summed E-state index contributed by atoms with van der Waals surface area (Å²) in [5.74, 6) is -1.28. The van der Waals surface area contributed by atoms with E-state index in [1.165, 1.54) is 0 Å². The molecule has 194 valence electrons. The van der Waals surface area contributed by atoms with Crippen LogP contribution in [-0.2, 0) is 28.3 Å². The van der Waals surface area contributed by atoms with Crippen molar-refractivity contribution in [1.29, 1.82) is 0 Å². The molecule has 0 saturated carbocycles. The van der Waals surface area contributed by atoms with E-state index in [2.05, 4.69) is 10.3 Å². The largest absolute Gasteiger partial charge is 0.497 e. The van der Waals surface area contributed by atoms with Crippen LogP contribution in [0.4, 0.5) is 0 Å². The smallest absolute Gasteiger partial charge is 0.342 e. The highest BCUT2D eigenvalue weighted by Crippen LogP contribution is 2.45. The quantitative estimate of drug-likeness (QED) is 0.278. The predicted molar refractivity (Wildman–Crippen MR) is 143 cm³/mol. The van der Waals surface area contributed by atoms with Crippen molar-refractivity contribution in [1.82, 2.24) is 10.3 Å². The number of carbonyl (C=O) groups excluding carboxylic acids is 1. The second-order valence-corrected chi connectivity index (χ2v) is 9.18. The minimum absolute atomic E-state index is 0.248. The Morgan fingerprint density at radius 2 is 1.54 bits per heavy atom. The van der Waals surface area contributed by atoms with Gasteiger partial charge < -0.3 is 19.3 Å². The Morgan fingerprint density at radius 3 is 2.28 bits per heavy atom. The van der Waals surface area contributed by atoms with Crippen LogP contribution in [0.1, 0.15) is 22.3 Å². The predicted octanol–water partition coefficient (Wildman–Crippen LogP) is 5.21. The number of fused-ring (bicyclic) bond motifs is 1. The van der Waals surface area contributed by atoms with E-state index in [1.54, 1.807) is 49.6 Å². The monoisotopic (exact) mass is 520 g/mol. The summed E-state index contributed by atoms with van der Waals surface area (Å²) in [5, 5.41) is 19.6. The molecule has 0 saturated heterocycles. The first-order valence-corrected chi connectivity index (χ1v) is 12.4. The van der Waals surface area contributed by atoms with Crippen molar-refractivity contribution < 1.29 is 28.7 Å². The molecular weight excluding hydrogens is 496 g/mol. The van der Waals surface area contributed by atoms with Crippen LogP contribution < -0.4 is 9.47 Å². The van der Waals surface area contributed by atoms with Crippen molar-refractivity contribution in [2.75, 3.05) is 7.11 Å². The van der Waals surface area contributed by atoms with E-state index >= 15 is 0 Å². The third-order valence-electron chi connectivity index (χ3n) is 6.73. The summed E-state index contributed by atoms with van der Waals surface area (Å²) in [6, 6.07) is 29.4. The van der Waals surface area contributed by atoms with E-state index in [1.807, 2.05) is 54.6 Å². The fourth-order valence-corrected chi connectivity index (χ4v) is 4.68. The summed E-state index contributed by atoms with van der Waals surface area (Å²) >= 11 is 0. The summed E-state index contributed by atoms with van der Waals surface area (Å²) in [6.07, 6.45) is 0.248. The number of cyclic esters (lactones) is 1. The Morgan fingerprint density at radius 1 is 0.821 bits per heavy atom. The minimum Gasteiger partial charge on any atom is -0.497 e. The number of carbonyl (C=O) groups is 1. The first kappa shape index (κ1) is 24.4. The van der Waals surface area contributed by atoms with E-state index in [0.717, 1.165) is 11.1 Å². The van der Waals surface area contributed by atoms with Crippen LogP contribution in [0.2, 0.25) is 0 Å². The number of benzene rings is 4. The van der Waals surface area contributed by atoms with Gasteiger partial charge in [0.1, 0.15) is 29.1 Å². The first-order valence-electron chi connectivity index (χ1n) is 12.4. The summed E-state index contributed by atoms with van der Waals surface area (Å²) in [6.45, 7) is 0.453. The molecule has 1 unspecified atom stereocenters. The minimum atomic E-state index is -1.97. The number of methoxy groups -OCH3 is 1. The third-order valence-corrected chi connectivity index (χ3v) is 6.73. The van der Waals surface area contributed by atoms with E-state index in [4.69, 9.17) is 18.8 Å². The van der Waals surface area contributed by atoms with Gasteiger partial charge in [0.25, 0.3) is 5.79 Å². The zero-order chi connectivity index (χ0) is 26.8. The summed E-state index contributed by atoms with van der Waals surface area (Å²) in [7, 11) is 1.56. The summed E-state index contributed by atoms with van der Waals surface area (Å²) in [5.41, 5.74) is 4.62. The molecule has 8 heteroatoms. The molecule has 1 aliphatic heterocycles. The van der Waals surface area contributed by atoms with Crippen molar-refractivity contribution >= 4 is 22.6 Å². The molecule has 0 radical (unpaired) electrons. The van der Waals surface area contributed by atoms with Crippen molar-refractivity contribution in [2.45, 2.75) is 18.8 Å². The maximum Gasteiger partial charge on any atom is 0.342 e. The van der Waals surface area contributed by atoms with Gasteiger partial charge in [-0.05, 0) is 75.5 Å². The molecule has 1 aromatic heterocycles. The molecule has 39 heavy (non-hydrogen) atoms. The fourth-order valence-electron chi connectivity index (χ4n) is 4.68. The van der Waals surface area contributed by atoms with Crippen molar-refractivity contribution in [3.05, 3.63) is 125 Å². The Labute approximate surface area is 224 Å². The van der Waals surface area contributed by atoms with Gasteiger partial charge in [0.05, 0.1) is 12.7 Å². The van der Waals surface area contributed by atoms with E-state index < -0.39 is 11.8 Å². The summed E-state index contributed by atoms with van der Waals surface area (Å²) in [4.78, 5) is 13.3. The Hall–Kier alpha value is -4.95.